The van der Waals surface area contributed by atoms with Crippen molar-refractivity contribution < 1.29 is 14.3 Å². The molecule has 1 aromatic heterocycles. The van der Waals surface area contributed by atoms with Crippen LogP contribution >= 0.6 is 22.9 Å². The van der Waals surface area contributed by atoms with E-state index in [1.807, 2.05) is 11.4 Å². The van der Waals surface area contributed by atoms with Crippen LogP contribution in [0.1, 0.15) is 26.6 Å². The molecule has 0 bridgehead atoms. The molecule has 3 rings (SSSR count). The molecule has 0 atom stereocenters. The number of nitriles is 1. The van der Waals surface area contributed by atoms with E-state index in [9.17, 15) is 4.79 Å². The van der Waals surface area contributed by atoms with Crippen LogP contribution in [0.4, 0.5) is 0 Å². The lowest BCUT2D eigenvalue weighted by molar-refractivity contribution is 0.0468. The SMILES string of the molecule is N#Cc1ccc(C(=O)OCc2csc(COc3ccc(Cl)cc3)n2)cc1. The summed E-state index contributed by atoms with van der Waals surface area (Å²) in [4.78, 5) is 16.4. The number of hydrogen-bond acceptors (Lipinski definition) is 6. The molecule has 0 aliphatic heterocycles. The lowest BCUT2D eigenvalue weighted by Gasteiger charge is -2.04. The van der Waals surface area contributed by atoms with Gasteiger partial charge in [0, 0.05) is 10.4 Å². The van der Waals surface area contributed by atoms with Crippen molar-refractivity contribution in [3.05, 3.63) is 80.8 Å². The van der Waals surface area contributed by atoms with Crippen LogP contribution in [0.5, 0.6) is 5.75 Å². The maximum Gasteiger partial charge on any atom is 0.338 e. The standard InChI is InChI=1S/C19H13ClN2O3S/c20-15-5-7-17(8-6-15)24-11-18-22-16(12-26-18)10-25-19(23)14-3-1-13(9-21)2-4-14/h1-8,12H,10-11H2. The molecule has 5 nitrogen and oxygen atoms in total. The molecule has 0 unspecified atom stereocenters. The summed E-state index contributed by atoms with van der Waals surface area (Å²) in [5, 5.41) is 12.0. The van der Waals surface area contributed by atoms with Gasteiger partial charge in [-0.15, -0.1) is 11.3 Å². The summed E-state index contributed by atoms with van der Waals surface area (Å²) in [6.07, 6.45) is 0. The molecule has 0 saturated heterocycles. The maximum absolute atomic E-state index is 12.0. The van der Waals surface area contributed by atoms with E-state index in [0.29, 0.717) is 34.2 Å². The van der Waals surface area contributed by atoms with Crippen LogP contribution in [0, 0.1) is 11.3 Å². The molecular weight excluding hydrogens is 372 g/mol. The molecule has 7 heteroatoms. The van der Waals surface area contributed by atoms with E-state index in [0.717, 1.165) is 5.01 Å². The minimum absolute atomic E-state index is 0.0796. The number of carbonyl (C=O) groups excluding carboxylic acids is 1. The van der Waals surface area contributed by atoms with Crippen LogP contribution in [0.15, 0.2) is 53.9 Å². The fourth-order valence-electron chi connectivity index (χ4n) is 2.06. The first-order chi connectivity index (χ1) is 12.6. The smallest absolute Gasteiger partial charge is 0.338 e. The van der Waals surface area contributed by atoms with E-state index < -0.39 is 5.97 Å². The molecule has 26 heavy (non-hydrogen) atoms. The van der Waals surface area contributed by atoms with Crippen LogP contribution in [0.2, 0.25) is 5.02 Å². The third-order valence-electron chi connectivity index (χ3n) is 3.38. The zero-order valence-corrected chi connectivity index (χ0v) is 15.1. The molecule has 0 aliphatic rings. The van der Waals surface area contributed by atoms with E-state index in [4.69, 9.17) is 26.3 Å². The number of hydrogen-bond donors (Lipinski definition) is 0. The van der Waals surface area contributed by atoms with E-state index >= 15 is 0 Å². The molecule has 0 N–H and O–H groups in total. The first kappa shape index (κ1) is 17.9. The second-order valence-electron chi connectivity index (χ2n) is 5.24. The largest absolute Gasteiger partial charge is 0.486 e. The lowest BCUT2D eigenvalue weighted by Crippen LogP contribution is -2.05. The average molecular weight is 385 g/mol. The number of halogens is 1. The minimum atomic E-state index is -0.457. The van der Waals surface area contributed by atoms with Crippen LogP contribution in [-0.4, -0.2) is 11.0 Å². The fraction of sp³-hybridized carbons (Fsp3) is 0.105. The molecule has 0 aliphatic carbocycles. The summed E-state index contributed by atoms with van der Waals surface area (Å²) >= 11 is 7.27. The first-order valence-electron chi connectivity index (χ1n) is 7.63. The van der Waals surface area contributed by atoms with Gasteiger partial charge in [-0.2, -0.15) is 5.26 Å². The molecule has 2 aromatic carbocycles. The highest BCUT2D eigenvalue weighted by molar-refractivity contribution is 7.09. The Labute approximate surface area is 159 Å². The van der Waals surface area contributed by atoms with Crippen molar-refractivity contribution in [2.45, 2.75) is 13.2 Å². The number of ether oxygens (including phenoxy) is 2. The Balaban J connectivity index is 1.50. The third kappa shape index (κ3) is 4.82. The quantitative estimate of drug-likeness (QED) is 0.580. The van der Waals surface area contributed by atoms with Gasteiger partial charge in [0.15, 0.2) is 0 Å². The van der Waals surface area contributed by atoms with Gasteiger partial charge in [-0.05, 0) is 48.5 Å². The molecular formula is C19H13ClN2O3S. The highest BCUT2D eigenvalue weighted by atomic mass is 35.5. The van der Waals surface area contributed by atoms with Gasteiger partial charge in [-0.1, -0.05) is 11.6 Å². The van der Waals surface area contributed by atoms with Gasteiger partial charge in [-0.25, -0.2) is 9.78 Å². The van der Waals surface area contributed by atoms with Gasteiger partial charge in [0.2, 0.25) is 0 Å². The lowest BCUT2D eigenvalue weighted by atomic mass is 10.1. The van der Waals surface area contributed by atoms with Crippen molar-refractivity contribution in [1.29, 1.82) is 5.26 Å². The van der Waals surface area contributed by atoms with Crippen molar-refractivity contribution >= 4 is 28.9 Å². The summed E-state index contributed by atoms with van der Waals surface area (Å²) in [6.45, 7) is 0.409. The predicted octanol–water partition coefficient (Wildman–Crippen LogP) is 4.60. The van der Waals surface area contributed by atoms with Crippen molar-refractivity contribution in [3.8, 4) is 11.8 Å². The van der Waals surface area contributed by atoms with Crippen LogP contribution in [-0.2, 0) is 18.0 Å². The first-order valence-corrected chi connectivity index (χ1v) is 8.89. The van der Waals surface area contributed by atoms with E-state index in [1.165, 1.54) is 11.3 Å². The Morgan fingerprint density at radius 3 is 2.54 bits per heavy atom. The summed E-state index contributed by atoms with van der Waals surface area (Å²) in [5.74, 6) is 0.250. The third-order valence-corrected chi connectivity index (χ3v) is 4.50. The molecule has 0 spiro atoms. The Morgan fingerprint density at radius 2 is 1.85 bits per heavy atom. The monoisotopic (exact) mass is 384 g/mol. The number of rotatable bonds is 6. The predicted molar refractivity (Wildman–Crippen MR) is 98.2 cm³/mol. The molecule has 0 amide bonds. The molecule has 0 saturated carbocycles. The number of nitrogens with zero attached hydrogens (tertiary/aromatic N) is 2. The molecule has 0 fully saturated rings. The zero-order chi connectivity index (χ0) is 18.4. The van der Waals surface area contributed by atoms with Gasteiger partial charge >= 0.3 is 5.97 Å². The number of esters is 1. The summed E-state index contributed by atoms with van der Waals surface area (Å²) in [7, 11) is 0. The zero-order valence-electron chi connectivity index (χ0n) is 13.5. The van der Waals surface area contributed by atoms with Gasteiger partial charge in [0.1, 0.15) is 24.0 Å². The number of aromatic nitrogens is 1. The Kier molecular flexibility index (Phi) is 5.84. The number of carbonyl (C=O) groups is 1. The van der Waals surface area contributed by atoms with Gasteiger partial charge < -0.3 is 9.47 Å². The van der Waals surface area contributed by atoms with Crippen LogP contribution in [0.25, 0.3) is 0 Å². The fourth-order valence-corrected chi connectivity index (χ4v) is 2.88. The summed E-state index contributed by atoms with van der Waals surface area (Å²) in [5.41, 5.74) is 1.55. The number of benzene rings is 2. The summed E-state index contributed by atoms with van der Waals surface area (Å²) in [6, 6.07) is 15.4. The molecule has 3 aromatic rings. The van der Waals surface area contributed by atoms with Crippen LogP contribution < -0.4 is 4.74 Å². The number of thiazole rings is 1. The van der Waals surface area contributed by atoms with Gasteiger partial charge in [0.05, 0.1) is 22.9 Å². The minimum Gasteiger partial charge on any atom is -0.486 e. The van der Waals surface area contributed by atoms with Crippen molar-refractivity contribution in [3.63, 3.8) is 0 Å². The Morgan fingerprint density at radius 1 is 1.12 bits per heavy atom. The van der Waals surface area contributed by atoms with Crippen LogP contribution in [0.3, 0.4) is 0 Å². The van der Waals surface area contributed by atoms with E-state index in [-0.39, 0.29) is 6.61 Å². The highest BCUT2D eigenvalue weighted by Crippen LogP contribution is 2.18. The van der Waals surface area contributed by atoms with Crippen molar-refractivity contribution in [2.75, 3.05) is 0 Å². The molecule has 130 valence electrons. The maximum atomic E-state index is 12.0. The van der Waals surface area contributed by atoms with Crippen molar-refractivity contribution in [2.24, 2.45) is 0 Å². The second-order valence-corrected chi connectivity index (χ2v) is 6.62. The molecule has 0 radical (unpaired) electrons. The van der Waals surface area contributed by atoms with Gasteiger partial charge in [0.25, 0.3) is 0 Å². The topological polar surface area (TPSA) is 72.2 Å². The van der Waals surface area contributed by atoms with Gasteiger partial charge in [-0.3, -0.25) is 0 Å². The summed E-state index contributed by atoms with van der Waals surface area (Å²) < 4.78 is 10.9. The molecule has 1 heterocycles. The van der Waals surface area contributed by atoms with E-state index in [2.05, 4.69) is 4.98 Å². The highest BCUT2D eigenvalue weighted by Gasteiger charge is 2.09. The normalized spacial score (nSPS) is 10.2. The average Bonchev–Trinajstić information content (AvgIpc) is 3.13. The second kappa shape index (κ2) is 8.48. The Bertz CT molecular complexity index is 931. The Hall–Kier alpha value is -2.88. The van der Waals surface area contributed by atoms with Crippen molar-refractivity contribution in [1.82, 2.24) is 4.98 Å². The van der Waals surface area contributed by atoms with E-state index in [1.54, 1.807) is 48.5 Å².